The van der Waals surface area contributed by atoms with Crippen molar-refractivity contribution in [2.75, 3.05) is 11.4 Å². The zero-order valence-electron chi connectivity index (χ0n) is 16.3. The van der Waals surface area contributed by atoms with Gasteiger partial charge < -0.3 is 9.42 Å². The molecule has 0 bridgehead atoms. The fraction of sp³-hybridized carbons (Fsp3) is 0.174. The Labute approximate surface area is 168 Å². The first kappa shape index (κ1) is 17.3. The van der Waals surface area contributed by atoms with Gasteiger partial charge in [-0.1, -0.05) is 11.2 Å². The summed E-state index contributed by atoms with van der Waals surface area (Å²) in [7, 11) is 1.92. The van der Waals surface area contributed by atoms with E-state index in [1.165, 1.54) is 0 Å². The molecule has 0 radical (unpaired) electrons. The van der Waals surface area contributed by atoms with Gasteiger partial charge in [0.15, 0.2) is 0 Å². The molecule has 0 amide bonds. The highest BCUT2D eigenvalue weighted by molar-refractivity contribution is 5.88. The molecular weight excluding hydrogens is 362 g/mol. The highest BCUT2D eigenvalue weighted by Gasteiger charge is 2.26. The van der Waals surface area contributed by atoms with E-state index in [9.17, 15) is 0 Å². The number of fused-ring (bicyclic) bond motifs is 3. The van der Waals surface area contributed by atoms with Crippen molar-refractivity contribution < 1.29 is 4.52 Å². The average Bonchev–Trinajstić information content (AvgIpc) is 3.30. The first-order chi connectivity index (χ1) is 14.1. The van der Waals surface area contributed by atoms with Crippen LogP contribution in [0.1, 0.15) is 17.0 Å². The third-order valence-electron chi connectivity index (χ3n) is 5.40. The first-order valence-electron chi connectivity index (χ1n) is 9.50. The minimum absolute atomic E-state index is 0.655. The van der Waals surface area contributed by atoms with Crippen LogP contribution in [-0.4, -0.2) is 21.5 Å². The van der Waals surface area contributed by atoms with Gasteiger partial charge in [0.25, 0.3) is 0 Å². The Morgan fingerprint density at radius 1 is 1.10 bits per heavy atom. The lowest BCUT2D eigenvalue weighted by Crippen LogP contribution is -2.19. The van der Waals surface area contributed by atoms with Crippen molar-refractivity contribution in [2.24, 2.45) is 7.05 Å². The summed E-state index contributed by atoms with van der Waals surface area (Å²) in [5, 5.41) is 17.6. The van der Waals surface area contributed by atoms with Crippen LogP contribution in [0.3, 0.4) is 0 Å². The second-order valence-corrected chi connectivity index (χ2v) is 7.26. The molecule has 6 heteroatoms. The van der Waals surface area contributed by atoms with E-state index in [1.54, 1.807) is 4.68 Å². The normalized spacial score (nSPS) is 12.8. The fourth-order valence-electron chi connectivity index (χ4n) is 3.97. The van der Waals surface area contributed by atoms with E-state index in [4.69, 9.17) is 9.78 Å². The Bertz CT molecular complexity index is 1240. The Kier molecular flexibility index (Phi) is 3.95. The van der Waals surface area contributed by atoms with Crippen LogP contribution in [0, 0.1) is 18.3 Å². The van der Waals surface area contributed by atoms with Gasteiger partial charge in [-0.05, 0) is 48.9 Å². The zero-order valence-corrected chi connectivity index (χ0v) is 16.3. The maximum absolute atomic E-state index is 9.11. The number of aromatic nitrogens is 3. The van der Waals surface area contributed by atoms with Crippen LogP contribution in [0.2, 0.25) is 0 Å². The zero-order chi connectivity index (χ0) is 20.0. The van der Waals surface area contributed by atoms with Crippen molar-refractivity contribution >= 4 is 11.4 Å². The largest absolute Gasteiger partial charge is 0.360 e. The molecule has 0 unspecified atom stereocenters. The number of benzene rings is 2. The predicted octanol–water partition coefficient (Wildman–Crippen LogP) is 4.62. The molecular formula is C23H19N5O. The van der Waals surface area contributed by atoms with E-state index >= 15 is 0 Å². The molecule has 29 heavy (non-hydrogen) atoms. The highest BCUT2D eigenvalue weighted by Crippen LogP contribution is 2.43. The van der Waals surface area contributed by atoms with Gasteiger partial charge in [-0.2, -0.15) is 10.4 Å². The second-order valence-electron chi connectivity index (χ2n) is 7.26. The third-order valence-corrected chi connectivity index (χ3v) is 5.40. The van der Waals surface area contributed by atoms with Crippen molar-refractivity contribution in [3.05, 3.63) is 71.9 Å². The lowest BCUT2D eigenvalue weighted by molar-refractivity contribution is 0.381. The van der Waals surface area contributed by atoms with Crippen LogP contribution in [0.25, 0.3) is 22.3 Å². The molecule has 0 atom stereocenters. The number of hydrogen-bond donors (Lipinski definition) is 0. The first-order valence-corrected chi connectivity index (χ1v) is 9.50. The summed E-state index contributed by atoms with van der Waals surface area (Å²) in [5.41, 5.74) is 8.05. The summed E-state index contributed by atoms with van der Waals surface area (Å²) in [6.07, 6.45) is 4.64. The minimum Gasteiger partial charge on any atom is -0.360 e. The molecule has 3 heterocycles. The van der Waals surface area contributed by atoms with E-state index in [2.05, 4.69) is 39.4 Å². The molecule has 142 valence electrons. The maximum Gasteiger partial charge on any atom is 0.146 e. The molecule has 2 aromatic heterocycles. The fourth-order valence-corrected chi connectivity index (χ4v) is 3.97. The number of nitriles is 1. The van der Waals surface area contributed by atoms with Crippen LogP contribution in [0.4, 0.5) is 11.4 Å². The summed E-state index contributed by atoms with van der Waals surface area (Å²) < 4.78 is 7.46. The van der Waals surface area contributed by atoms with E-state index < -0.39 is 0 Å². The van der Waals surface area contributed by atoms with Crippen LogP contribution in [0.15, 0.2) is 59.4 Å². The van der Waals surface area contributed by atoms with E-state index in [0.717, 1.165) is 58.0 Å². The average molecular weight is 381 g/mol. The van der Waals surface area contributed by atoms with Crippen molar-refractivity contribution in [2.45, 2.75) is 13.3 Å². The molecule has 0 N–H and O–H groups in total. The highest BCUT2D eigenvalue weighted by atomic mass is 16.5. The van der Waals surface area contributed by atoms with Crippen LogP contribution < -0.4 is 4.90 Å². The number of aryl methyl sites for hydroxylation is 2. The standard InChI is InChI=1S/C23H19N5O/c1-15-23-20-11-17(18-13-25-27(2)14-18)5-8-21(20)28(10-9-22(23)29-26-15)19-6-3-16(12-24)4-7-19/h3-8,11,13-14H,9-10H2,1-2H3. The van der Waals surface area contributed by atoms with Gasteiger partial charge >= 0.3 is 0 Å². The SMILES string of the molecule is Cc1noc2c1-c1cc(-c3cnn(C)c3)ccc1N(c1ccc(C#N)cc1)CC2. The van der Waals surface area contributed by atoms with Crippen molar-refractivity contribution in [3.8, 4) is 28.3 Å². The van der Waals surface area contributed by atoms with E-state index in [0.29, 0.717) is 5.56 Å². The number of anilines is 2. The number of rotatable bonds is 2. The number of hydrogen-bond acceptors (Lipinski definition) is 5. The molecule has 1 aliphatic rings. The monoisotopic (exact) mass is 381 g/mol. The molecule has 1 aliphatic heterocycles. The molecule has 2 aromatic carbocycles. The topological polar surface area (TPSA) is 70.9 Å². The number of nitrogens with zero attached hydrogens (tertiary/aromatic N) is 5. The van der Waals surface area contributed by atoms with Crippen molar-refractivity contribution in [1.29, 1.82) is 5.26 Å². The summed E-state index contributed by atoms with van der Waals surface area (Å²) in [6.45, 7) is 2.76. The van der Waals surface area contributed by atoms with Gasteiger partial charge in [0.05, 0.1) is 23.5 Å². The Hall–Kier alpha value is -3.85. The summed E-state index contributed by atoms with van der Waals surface area (Å²) in [6, 6.07) is 16.4. The Morgan fingerprint density at radius 2 is 1.93 bits per heavy atom. The van der Waals surface area contributed by atoms with Crippen LogP contribution >= 0.6 is 0 Å². The Morgan fingerprint density at radius 3 is 2.66 bits per heavy atom. The Balaban J connectivity index is 1.69. The minimum atomic E-state index is 0.655. The molecule has 0 saturated heterocycles. The summed E-state index contributed by atoms with van der Waals surface area (Å²) in [5.74, 6) is 0.906. The van der Waals surface area contributed by atoms with Gasteiger partial charge in [-0.15, -0.1) is 0 Å². The molecule has 4 aromatic rings. The van der Waals surface area contributed by atoms with Crippen molar-refractivity contribution in [3.63, 3.8) is 0 Å². The quantitative estimate of drug-likeness (QED) is 0.507. The van der Waals surface area contributed by atoms with Gasteiger partial charge in [0, 0.05) is 54.3 Å². The molecule has 0 spiro atoms. The van der Waals surface area contributed by atoms with Gasteiger partial charge in [0.1, 0.15) is 5.76 Å². The molecule has 0 saturated carbocycles. The van der Waals surface area contributed by atoms with Crippen LogP contribution in [-0.2, 0) is 13.5 Å². The molecule has 6 nitrogen and oxygen atoms in total. The van der Waals surface area contributed by atoms with Crippen molar-refractivity contribution in [1.82, 2.24) is 14.9 Å². The van der Waals surface area contributed by atoms with Gasteiger partial charge in [-0.25, -0.2) is 0 Å². The van der Waals surface area contributed by atoms with E-state index in [-0.39, 0.29) is 0 Å². The maximum atomic E-state index is 9.11. The van der Waals surface area contributed by atoms with Crippen LogP contribution in [0.5, 0.6) is 0 Å². The van der Waals surface area contributed by atoms with Gasteiger partial charge in [-0.3, -0.25) is 4.68 Å². The predicted molar refractivity (Wildman–Crippen MR) is 111 cm³/mol. The lowest BCUT2D eigenvalue weighted by atomic mass is 9.97. The molecule has 5 rings (SSSR count). The van der Waals surface area contributed by atoms with Gasteiger partial charge in [0.2, 0.25) is 0 Å². The lowest BCUT2D eigenvalue weighted by Gasteiger charge is -2.25. The second kappa shape index (κ2) is 6.64. The smallest absolute Gasteiger partial charge is 0.146 e. The van der Waals surface area contributed by atoms with E-state index in [1.807, 2.05) is 50.6 Å². The molecule has 0 aliphatic carbocycles. The summed E-state index contributed by atoms with van der Waals surface area (Å²) >= 11 is 0. The molecule has 0 fully saturated rings. The third kappa shape index (κ3) is 2.88. The summed E-state index contributed by atoms with van der Waals surface area (Å²) in [4.78, 5) is 2.28.